The molecule has 2 aromatic rings. The summed E-state index contributed by atoms with van der Waals surface area (Å²) in [4.78, 5) is 16.7. The second kappa shape index (κ2) is 6.11. The van der Waals surface area contributed by atoms with Gasteiger partial charge in [-0.15, -0.1) is 0 Å². The molecule has 3 rings (SSSR count). The quantitative estimate of drug-likeness (QED) is 0.849. The summed E-state index contributed by atoms with van der Waals surface area (Å²) in [5.74, 6) is 0.750. The maximum absolute atomic E-state index is 12.8. The summed E-state index contributed by atoms with van der Waals surface area (Å²) in [6.45, 7) is 3.35. The van der Waals surface area contributed by atoms with Crippen LogP contribution in [0, 0.1) is 0 Å². The van der Waals surface area contributed by atoms with Gasteiger partial charge in [-0.05, 0) is 19.2 Å². The number of piperazine rings is 1. The largest absolute Gasteiger partial charge is 0.416 e. The number of anilines is 1. The molecule has 0 atom stereocenters. The molecule has 0 amide bonds. The van der Waals surface area contributed by atoms with Crippen molar-refractivity contribution in [1.29, 1.82) is 0 Å². The van der Waals surface area contributed by atoms with Crippen LogP contribution in [0.3, 0.4) is 0 Å². The average Bonchev–Trinajstić information content (AvgIpc) is 2.55. The second-order valence-electron chi connectivity index (χ2n) is 5.48. The van der Waals surface area contributed by atoms with E-state index in [0.29, 0.717) is 11.5 Å². The Bertz CT molecular complexity index is 681. The van der Waals surface area contributed by atoms with Gasteiger partial charge in [0.2, 0.25) is 5.95 Å². The highest BCUT2D eigenvalue weighted by molar-refractivity contribution is 5.57. The highest BCUT2D eigenvalue weighted by Gasteiger charge is 2.30. The lowest BCUT2D eigenvalue weighted by Crippen LogP contribution is -2.45. The van der Waals surface area contributed by atoms with Crippen LogP contribution in [0.2, 0.25) is 0 Å². The Labute approximate surface area is 131 Å². The van der Waals surface area contributed by atoms with Crippen molar-refractivity contribution < 1.29 is 13.2 Å². The van der Waals surface area contributed by atoms with Crippen LogP contribution in [0.15, 0.2) is 30.6 Å². The van der Waals surface area contributed by atoms with Crippen LogP contribution in [-0.4, -0.2) is 53.1 Å². The first-order valence-electron chi connectivity index (χ1n) is 7.23. The van der Waals surface area contributed by atoms with E-state index in [9.17, 15) is 13.2 Å². The highest BCUT2D eigenvalue weighted by Crippen LogP contribution is 2.31. The Morgan fingerprint density at radius 3 is 2.48 bits per heavy atom. The molecule has 1 aromatic carbocycles. The van der Waals surface area contributed by atoms with Crippen LogP contribution < -0.4 is 4.90 Å². The van der Waals surface area contributed by atoms with Crippen molar-refractivity contribution in [2.45, 2.75) is 6.18 Å². The maximum Gasteiger partial charge on any atom is 0.416 e. The van der Waals surface area contributed by atoms with E-state index in [0.717, 1.165) is 38.3 Å². The standard InChI is InChI=1S/C15H16F3N5/c1-22-5-7-23(8-6-22)14-20-10-19-13(21-14)11-3-2-4-12(9-11)15(16,17)18/h2-4,9-10H,5-8H2,1H3. The van der Waals surface area contributed by atoms with Gasteiger partial charge in [-0.25, -0.2) is 9.97 Å². The summed E-state index contributed by atoms with van der Waals surface area (Å²) in [6.07, 6.45) is -3.04. The summed E-state index contributed by atoms with van der Waals surface area (Å²) in [7, 11) is 2.04. The molecule has 0 aliphatic carbocycles. The number of aromatic nitrogens is 3. The minimum absolute atomic E-state index is 0.250. The number of alkyl halides is 3. The van der Waals surface area contributed by atoms with E-state index in [1.165, 1.54) is 12.4 Å². The molecule has 2 heterocycles. The van der Waals surface area contributed by atoms with E-state index in [4.69, 9.17) is 0 Å². The van der Waals surface area contributed by atoms with Crippen molar-refractivity contribution in [2.75, 3.05) is 38.1 Å². The van der Waals surface area contributed by atoms with E-state index in [1.54, 1.807) is 6.07 Å². The fraction of sp³-hybridized carbons (Fsp3) is 0.400. The molecular weight excluding hydrogens is 307 g/mol. The van der Waals surface area contributed by atoms with Crippen molar-refractivity contribution in [2.24, 2.45) is 0 Å². The van der Waals surface area contributed by atoms with Gasteiger partial charge < -0.3 is 9.80 Å². The zero-order chi connectivity index (χ0) is 16.4. The number of hydrogen-bond donors (Lipinski definition) is 0. The van der Waals surface area contributed by atoms with E-state index in [1.807, 2.05) is 11.9 Å². The Kier molecular flexibility index (Phi) is 4.16. The topological polar surface area (TPSA) is 45.2 Å². The molecule has 0 radical (unpaired) electrons. The van der Waals surface area contributed by atoms with E-state index >= 15 is 0 Å². The third-order valence-corrected chi connectivity index (χ3v) is 3.79. The summed E-state index contributed by atoms with van der Waals surface area (Å²) < 4.78 is 38.5. The normalized spacial score (nSPS) is 16.6. The number of likely N-dealkylation sites (N-methyl/N-ethyl adjacent to an activating group) is 1. The zero-order valence-corrected chi connectivity index (χ0v) is 12.6. The molecule has 1 aliphatic rings. The summed E-state index contributed by atoms with van der Waals surface area (Å²) in [5.41, 5.74) is -0.380. The van der Waals surface area contributed by atoms with Crippen LogP contribution in [0.25, 0.3) is 11.4 Å². The van der Waals surface area contributed by atoms with Crippen molar-refractivity contribution in [1.82, 2.24) is 19.9 Å². The van der Waals surface area contributed by atoms with Gasteiger partial charge in [-0.3, -0.25) is 0 Å². The van der Waals surface area contributed by atoms with Crippen molar-refractivity contribution in [3.05, 3.63) is 36.2 Å². The smallest absolute Gasteiger partial charge is 0.338 e. The van der Waals surface area contributed by atoms with Crippen molar-refractivity contribution >= 4 is 5.95 Å². The molecule has 0 N–H and O–H groups in total. The summed E-state index contributed by atoms with van der Waals surface area (Å²) >= 11 is 0. The van der Waals surface area contributed by atoms with Crippen LogP contribution >= 0.6 is 0 Å². The lowest BCUT2D eigenvalue weighted by Gasteiger charge is -2.32. The number of halogens is 3. The monoisotopic (exact) mass is 323 g/mol. The van der Waals surface area contributed by atoms with Gasteiger partial charge in [0.05, 0.1) is 5.56 Å². The average molecular weight is 323 g/mol. The fourth-order valence-corrected chi connectivity index (χ4v) is 2.42. The second-order valence-corrected chi connectivity index (χ2v) is 5.48. The molecule has 1 fully saturated rings. The number of benzene rings is 1. The van der Waals surface area contributed by atoms with E-state index in [2.05, 4.69) is 19.9 Å². The summed E-state index contributed by atoms with van der Waals surface area (Å²) in [5, 5.41) is 0. The zero-order valence-electron chi connectivity index (χ0n) is 12.6. The molecule has 122 valence electrons. The Morgan fingerprint density at radius 1 is 1.04 bits per heavy atom. The van der Waals surface area contributed by atoms with Gasteiger partial charge in [0.25, 0.3) is 0 Å². The predicted octanol–water partition coefficient (Wildman–Crippen LogP) is 2.31. The number of nitrogens with zero attached hydrogens (tertiary/aromatic N) is 5. The van der Waals surface area contributed by atoms with Crippen molar-refractivity contribution in [3.8, 4) is 11.4 Å². The molecule has 0 bridgehead atoms. The molecule has 0 spiro atoms. The first kappa shape index (κ1) is 15.7. The van der Waals surface area contributed by atoms with Crippen LogP contribution in [0.1, 0.15) is 5.56 Å². The lowest BCUT2D eigenvalue weighted by molar-refractivity contribution is -0.137. The van der Waals surface area contributed by atoms with Crippen molar-refractivity contribution in [3.63, 3.8) is 0 Å². The van der Waals surface area contributed by atoms with Gasteiger partial charge in [-0.1, -0.05) is 12.1 Å². The molecule has 1 aliphatic heterocycles. The van der Waals surface area contributed by atoms with Crippen LogP contribution in [-0.2, 0) is 6.18 Å². The molecule has 8 heteroatoms. The number of rotatable bonds is 2. The van der Waals surface area contributed by atoms with Gasteiger partial charge in [0.15, 0.2) is 5.82 Å². The van der Waals surface area contributed by atoms with Gasteiger partial charge in [0, 0.05) is 31.7 Å². The minimum atomic E-state index is -4.39. The first-order chi connectivity index (χ1) is 10.9. The van der Waals surface area contributed by atoms with E-state index in [-0.39, 0.29) is 5.82 Å². The van der Waals surface area contributed by atoms with Gasteiger partial charge in [0.1, 0.15) is 6.33 Å². The Balaban J connectivity index is 1.88. The molecule has 1 aromatic heterocycles. The summed E-state index contributed by atoms with van der Waals surface area (Å²) in [6, 6.07) is 5.02. The third-order valence-electron chi connectivity index (χ3n) is 3.79. The molecular formula is C15H16F3N5. The predicted molar refractivity (Wildman–Crippen MR) is 80.0 cm³/mol. The van der Waals surface area contributed by atoms with Gasteiger partial charge in [-0.2, -0.15) is 18.2 Å². The highest BCUT2D eigenvalue weighted by atomic mass is 19.4. The van der Waals surface area contributed by atoms with Crippen LogP contribution in [0.4, 0.5) is 19.1 Å². The molecule has 0 saturated carbocycles. The fourth-order valence-electron chi connectivity index (χ4n) is 2.42. The first-order valence-corrected chi connectivity index (χ1v) is 7.23. The molecule has 1 saturated heterocycles. The lowest BCUT2D eigenvalue weighted by atomic mass is 10.1. The molecule has 0 unspecified atom stereocenters. The SMILES string of the molecule is CN1CCN(c2ncnc(-c3cccc(C(F)(F)F)c3)n2)CC1. The molecule has 5 nitrogen and oxygen atoms in total. The third kappa shape index (κ3) is 3.58. The minimum Gasteiger partial charge on any atom is -0.338 e. The van der Waals surface area contributed by atoms with Gasteiger partial charge >= 0.3 is 6.18 Å². The van der Waals surface area contributed by atoms with E-state index < -0.39 is 11.7 Å². The Morgan fingerprint density at radius 2 is 1.78 bits per heavy atom. The molecule has 23 heavy (non-hydrogen) atoms. The Hall–Kier alpha value is -2.22. The van der Waals surface area contributed by atoms with Crippen LogP contribution in [0.5, 0.6) is 0 Å². The number of hydrogen-bond acceptors (Lipinski definition) is 5. The maximum atomic E-state index is 12.8.